The van der Waals surface area contributed by atoms with Gasteiger partial charge in [0.05, 0.1) is 18.7 Å². The van der Waals surface area contributed by atoms with Crippen molar-refractivity contribution >= 4 is 23.5 Å². The lowest BCUT2D eigenvalue weighted by atomic mass is 9.96. The summed E-state index contributed by atoms with van der Waals surface area (Å²) in [6, 6.07) is 17.4. The first-order valence-corrected chi connectivity index (χ1v) is 12.3. The maximum Gasteiger partial charge on any atom is 0.392 e. The lowest BCUT2D eigenvalue weighted by Gasteiger charge is -2.18. The number of carbonyl (C=O) groups excluding carboxylic acids is 1. The number of aromatic nitrogens is 4. The summed E-state index contributed by atoms with van der Waals surface area (Å²) in [4.78, 5) is 13.0. The van der Waals surface area contributed by atoms with E-state index in [9.17, 15) is 18.0 Å². The Kier molecular flexibility index (Phi) is 8.60. The van der Waals surface area contributed by atoms with Crippen LogP contribution >= 0.6 is 0 Å². The molecule has 0 aliphatic rings. The molecule has 0 aliphatic carbocycles. The molecule has 0 fully saturated rings. The van der Waals surface area contributed by atoms with Gasteiger partial charge in [-0.3, -0.25) is 0 Å². The van der Waals surface area contributed by atoms with E-state index in [1.54, 1.807) is 24.3 Å². The molecule has 11 heteroatoms. The van der Waals surface area contributed by atoms with Crippen molar-refractivity contribution in [1.82, 2.24) is 20.6 Å². The van der Waals surface area contributed by atoms with Crippen molar-refractivity contribution < 1.29 is 22.7 Å². The van der Waals surface area contributed by atoms with Crippen LogP contribution in [0.2, 0.25) is 0 Å². The summed E-state index contributed by atoms with van der Waals surface area (Å²) in [5.74, 6) is 0.676. The third-order valence-corrected chi connectivity index (χ3v) is 5.61. The molecule has 1 aromatic heterocycles. The van der Waals surface area contributed by atoms with Gasteiger partial charge in [-0.15, -0.1) is 5.10 Å². The Bertz CT molecular complexity index is 1430. The quantitative estimate of drug-likeness (QED) is 0.209. The summed E-state index contributed by atoms with van der Waals surface area (Å²) in [5, 5.41) is 19.6. The SMILES string of the molecule is CCCOc1c(/C=C/CC(F)(F)F)cc(-c2ccccc2-c2nnn[nH]2)cc1NC(=O)Nc1ccc(C)cc1. The Labute approximate surface area is 223 Å². The molecule has 3 N–H and O–H groups in total. The van der Waals surface area contributed by atoms with Gasteiger partial charge in [-0.1, -0.05) is 61.0 Å². The van der Waals surface area contributed by atoms with Gasteiger partial charge in [0, 0.05) is 16.8 Å². The summed E-state index contributed by atoms with van der Waals surface area (Å²) < 4.78 is 44.7. The van der Waals surface area contributed by atoms with Gasteiger partial charge in [0.15, 0.2) is 5.82 Å². The number of anilines is 2. The number of rotatable bonds is 9. The molecule has 39 heavy (non-hydrogen) atoms. The highest BCUT2D eigenvalue weighted by atomic mass is 19.4. The standard InChI is InChI=1S/C28H27F3N6O2/c1-3-15-39-25-19(7-6-14-28(29,30)31)16-20(22-8-4-5-9-23(22)26-34-36-37-35-26)17-24(25)33-27(38)32-21-12-10-18(2)11-13-21/h4-13,16-17H,3,14-15H2,1-2H3,(H2,32,33,38)(H,34,35,36,37)/b7-6+. The average Bonchev–Trinajstić information content (AvgIpc) is 3.44. The molecule has 202 valence electrons. The fourth-order valence-electron chi connectivity index (χ4n) is 3.84. The molecule has 3 aromatic carbocycles. The van der Waals surface area contributed by atoms with Crippen LogP contribution in [0.1, 0.15) is 30.9 Å². The number of halogens is 3. The summed E-state index contributed by atoms with van der Waals surface area (Å²) in [5.41, 5.74) is 4.28. The van der Waals surface area contributed by atoms with Crippen LogP contribution in [0, 0.1) is 6.92 Å². The predicted octanol–water partition coefficient (Wildman–Crippen LogP) is 7.24. The van der Waals surface area contributed by atoms with E-state index in [0.717, 1.165) is 11.6 Å². The van der Waals surface area contributed by atoms with Gasteiger partial charge in [0.1, 0.15) is 5.75 Å². The van der Waals surface area contributed by atoms with Crippen LogP contribution in [0.4, 0.5) is 29.3 Å². The normalized spacial score (nSPS) is 11.5. The van der Waals surface area contributed by atoms with E-state index < -0.39 is 18.6 Å². The second-order valence-electron chi connectivity index (χ2n) is 8.75. The highest BCUT2D eigenvalue weighted by molar-refractivity contribution is 6.02. The highest BCUT2D eigenvalue weighted by Crippen LogP contribution is 2.39. The van der Waals surface area contributed by atoms with Crippen molar-refractivity contribution in [2.24, 2.45) is 0 Å². The van der Waals surface area contributed by atoms with E-state index in [0.29, 0.717) is 52.5 Å². The van der Waals surface area contributed by atoms with Crippen LogP contribution in [-0.2, 0) is 0 Å². The molecule has 0 spiro atoms. The molecular formula is C28H27F3N6O2. The number of aromatic amines is 1. The first-order chi connectivity index (χ1) is 18.7. The molecule has 8 nitrogen and oxygen atoms in total. The number of ether oxygens (including phenoxy) is 1. The van der Waals surface area contributed by atoms with Crippen LogP contribution in [0.15, 0.2) is 66.7 Å². The largest absolute Gasteiger partial charge is 0.491 e. The van der Waals surface area contributed by atoms with Gasteiger partial charge >= 0.3 is 12.2 Å². The molecule has 4 rings (SSSR count). The number of carbonyl (C=O) groups is 1. The predicted molar refractivity (Wildman–Crippen MR) is 144 cm³/mol. The maximum absolute atomic E-state index is 13.0. The average molecular weight is 537 g/mol. The van der Waals surface area contributed by atoms with Crippen molar-refractivity contribution in [3.63, 3.8) is 0 Å². The topological polar surface area (TPSA) is 105 Å². The minimum atomic E-state index is -4.36. The van der Waals surface area contributed by atoms with Crippen molar-refractivity contribution in [3.8, 4) is 28.3 Å². The van der Waals surface area contributed by atoms with Gasteiger partial charge in [0.25, 0.3) is 0 Å². The highest BCUT2D eigenvalue weighted by Gasteiger charge is 2.25. The number of allylic oxidation sites excluding steroid dienone is 1. The Morgan fingerprint density at radius 1 is 1.05 bits per heavy atom. The molecule has 0 saturated carbocycles. The number of aryl methyl sites for hydroxylation is 1. The Hall–Kier alpha value is -4.67. The third kappa shape index (κ3) is 7.44. The van der Waals surface area contributed by atoms with E-state index in [4.69, 9.17) is 4.74 Å². The van der Waals surface area contributed by atoms with E-state index in [-0.39, 0.29) is 5.75 Å². The zero-order valence-electron chi connectivity index (χ0n) is 21.3. The van der Waals surface area contributed by atoms with Crippen LogP contribution in [0.3, 0.4) is 0 Å². The molecule has 0 aliphatic heterocycles. The number of amides is 2. The van der Waals surface area contributed by atoms with Gasteiger partial charge in [-0.2, -0.15) is 13.2 Å². The first kappa shape index (κ1) is 27.4. The number of nitrogens with one attached hydrogen (secondary N) is 3. The van der Waals surface area contributed by atoms with E-state index in [2.05, 4.69) is 31.3 Å². The fraction of sp³-hybridized carbons (Fsp3) is 0.214. The summed E-state index contributed by atoms with van der Waals surface area (Å²) in [6.07, 6.45) is -2.44. The Balaban J connectivity index is 1.80. The van der Waals surface area contributed by atoms with Crippen LogP contribution < -0.4 is 15.4 Å². The lowest BCUT2D eigenvalue weighted by Crippen LogP contribution is -2.20. The van der Waals surface area contributed by atoms with Gasteiger partial charge in [-0.05, 0) is 59.2 Å². The zero-order chi connectivity index (χ0) is 27.8. The van der Waals surface area contributed by atoms with Crippen molar-refractivity contribution in [3.05, 3.63) is 77.9 Å². The number of nitrogens with zero attached hydrogens (tertiary/aromatic N) is 3. The number of benzene rings is 3. The minimum absolute atomic E-state index is 0.261. The molecule has 0 atom stereocenters. The number of hydrogen-bond acceptors (Lipinski definition) is 5. The third-order valence-electron chi connectivity index (χ3n) is 5.61. The molecule has 0 unspecified atom stereocenters. The van der Waals surface area contributed by atoms with E-state index >= 15 is 0 Å². The van der Waals surface area contributed by atoms with E-state index in [1.807, 2.05) is 50.2 Å². The molecular weight excluding hydrogens is 509 g/mol. The van der Waals surface area contributed by atoms with Crippen LogP contribution in [0.25, 0.3) is 28.6 Å². The fourth-order valence-corrected chi connectivity index (χ4v) is 3.84. The van der Waals surface area contributed by atoms with Crippen LogP contribution in [-0.4, -0.2) is 39.4 Å². The number of urea groups is 1. The summed E-state index contributed by atoms with van der Waals surface area (Å²) >= 11 is 0. The number of tetrazole rings is 1. The second kappa shape index (κ2) is 12.2. The van der Waals surface area contributed by atoms with Crippen molar-refractivity contribution in [2.75, 3.05) is 17.2 Å². The zero-order valence-corrected chi connectivity index (χ0v) is 21.3. The molecule has 4 aromatic rings. The summed E-state index contributed by atoms with van der Waals surface area (Å²) in [7, 11) is 0. The van der Waals surface area contributed by atoms with Crippen molar-refractivity contribution in [2.45, 2.75) is 32.9 Å². The monoisotopic (exact) mass is 536 g/mol. The Morgan fingerprint density at radius 2 is 1.79 bits per heavy atom. The minimum Gasteiger partial charge on any atom is -0.491 e. The van der Waals surface area contributed by atoms with Gasteiger partial charge < -0.3 is 15.4 Å². The Morgan fingerprint density at radius 3 is 2.46 bits per heavy atom. The summed E-state index contributed by atoms with van der Waals surface area (Å²) in [6.45, 7) is 4.15. The first-order valence-electron chi connectivity index (χ1n) is 12.3. The number of hydrogen-bond donors (Lipinski definition) is 3. The smallest absolute Gasteiger partial charge is 0.392 e. The molecule has 0 saturated heterocycles. The second-order valence-corrected chi connectivity index (χ2v) is 8.75. The van der Waals surface area contributed by atoms with E-state index in [1.165, 1.54) is 6.08 Å². The van der Waals surface area contributed by atoms with Gasteiger partial charge in [-0.25, -0.2) is 9.89 Å². The number of H-pyrrole nitrogens is 1. The number of alkyl halides is 3. The van der Waals surface area contributed by atoms with Crippen molar-refractivity contribution in [1.29, 1.82) is 0 Å². The van der Waals surface area contributed by atoms with Gasteiger partial charge in [0.2, 0.25) is 0 Å². The molecule has 2 amide bonds. The molecule has 1 heterocycles. The molecule has 0 bridgehead atoms. The lowest BCUT2D eigenvalue weighted by molar-refractivity contribution is -0.124. The molecule has 0 radical (unpaired) electrons. The maximum atomic E-state index is 13.0. The van der Waals surface area contributed by atoms with Crippen LogP contribution in [0.5, 0.6) is 5.75 Å².